The number of amides is 3. The van der Waals surface area contributed by atoms with E-state index in [9.17, 15) is 14.0 Å². The maximum absolute atomic E-state index is 13.5. The Morgan fingerprint density at radius 1 is 1.06 bits per heavy atom. The van der Waals surface area contributed by atoms with Gasteiger partial charge in [-0.3, -0.25) is 19.9 Å². The van der Waals surface area contributed by atoms with Crippen molar-refractivity contribution in [2.45, 2.75) is 38.4 Å². The Kier molecular flexibility index (Phi) is 5.67. The zero-order valence-corrected chi connectivity index (χ0v) is 18.8. The van der Waals surface area contributed by atoms with E-state index < -0.39 is 12.2 Å². The van der Waals surface area contributed by atoms with Crippen LogP contribution in [-0.2, 0) is 11.3 Å². The van der Waals surface area contributed by atoms with E-state index in [1.807, 2.05) is 31.2 Å². The van der Waals surface area contributed by atoms with Gasteiger partial charge in [0.25, 0.3) is 5.91 Å². The Bertz CT molecular complexity index is 1030. The Hall–Kier alpha value is -3.17. The molecule has 0 radical (unpaired) electrons. The number of nitrogens with one attached hydrogen (secondary N) is 1. The second kappa shape index (κ2) is 8.64. The van der Waals surface area contributed by atoms with Crippen LogP contribution in [0.15, 0.2) is 48.5 Å². The van der Waals surface area contributed by atoms with E-state index in [0.29, 0.717) is 12.2 Å². The number of ether oxygens (including phenoxy) is 1. The van der Waals surface area contributed by atoms with Crippen LogP contribution in [0.2, 0.25) is 0 Å². The number of benzene rings is 2. The summed E-state index contributed by atoms with van der Waals surface area (Å²) >= 11 is 0. The summed E-state index contributed by atoms with van der Waals surface area (Å²) in [5, 5.41) is 3.51. The first-order valence-electron chi connectivity index (χ1n) is 11.3. The molecule has 5 rings (SSSR count). The fourth-order valence-corrected chi connectivity index (χ4v) is 5.00. The van der Waals surface area contributed by atoms with Crippen molar-refractivity contribution in [3.63, 3.8) is 0 Å². The minimum Gasteiger partial charge on any atom is -0.494 e. The number of imide groups is 1. The average molecular weight is 454 g/mol. The number of rotatable bonds is 5. The topological polar surface area (TPSA) is 68.4 Å². The Labute approximate surface area is 192 Å². The highest BCUT2D eigenvalue weighted by atomic mass is 19.1. The van der Waals surface area contributed by atoms with Crippen LogP contribution in [-0.4, -0.2) is 71.9 Å². The van der Waals surface area contributed by atoms with Gasteiger partial charge in [0.05, 0.1) is 13.2 Å². The highest BCUT2D eigenvalue weighted by molar-refractivity contribution is 6.00. The number of fused-ring (bicyclic) bond motifs is 3. The molecule has 174 valence electrons. The molecule has 0 aliphatic carbocycles. The molecular weight excluding hydrogens is 425 g/mol. The molecule has 0 aromatic heterocycles. The van der Waals surface area contributed by atoms with Gasteiger partial charge >= 0.3 is 6.03 Å². The normalized spacial score (nSPS) is 25.3. The number of carbonyl (C=O) groups excluding carboxylic acids is 2. The summed E-state index contributed by atoms with van der Waals surface area (Å²) < 4.78 is 18.9. The summed E-state index contributed by atoms with van der Waals surface area (Å²) in [5.74, 6) is 0.244. The van der Waals surface area contributed by atoms with Crippen molar-refractivity contribution in [1.82, 2.24) is 20.0 Å². The molecule has 0 spiro atoms. The molecule has 0 bridgehead atoms. The SMILES string of the molecule is CCOc1ccc(N2CCCN3C4C(=O)N(Cc5ccc(F)cc5)C(=O)N(C)C4NC23)cc1. The summed E-state index contributed by atoms with van der Waals surface area (Å²) in [6, 6.07) is 13.0. The predicted molar refractivity (Wildman–Crippen MR) is 121 cm³/mol. The molecule has 8 nitrogen and oxygen atoms in total. The van der Waals surface area contributed by atoms with E-state index in [2.05, 4.69) is 15.1 Å². The number of hydrogen-bond donors (Lipinski definition) is 1. The molecule has 3 unspecified atom stereocenters. The second-order valence-electron chi connectivity index (χ2n) is 8.59. The van der Waals surface area contributed by atoms with Gasteiger partial charge in [-0.05, 0) is 55.3 Å². The van der Waals surface area contributed by atoms with Gasteiger partial charge in [0, 0.05) is 25.8 Å². The number of anilines is 1. The van der Waals surface area contributed by atoms with Crippen LogP contribution in [0.3, 0.4) is 0 Å². The molecule has 9 heteroatoms. The summed E-state index contributed by atoms with van der Waals surface area (Å²) in [6.07, 6.45) is 0.289. The fraction of sp³-hybridized carbons (Fsp3) is 0.417. The quantitative estimate of drug-likeness (QED) is 0.750. The van der Waals surface area contributed by atoms with Crippen LogP contribution in [0.25, 0.3) is 0 Å². The van der Waals surface area contributed by atoms with Crippen LogP contribution in [0, 0.1) is 5.82 Å². The second-order valence-corrected chi connectivity index (χ2v) is 8.59. The summed E-state index contributed by atoms with van der Waals surface area (Å²) in [5.41, 5.74) is 1.74. The Morgan fingerprint density at radius 2 is 1.79 bits per heavy atom. The van der Waals surface area contributed by atoms with Crippen LogP contribution >= 0.6 is 0 Å². The van der Waals surface area contributed by atoms with E-state index in [-0.39, 0.29) is 30.6 Å². The first kappa shape index (κ1) is 21.7. The van der Waals surface area contributed by atoms with Crippen molar-refractivity contribution in [2.24, 2.45) is 0 Å². The van der Waals surface area contributed by atoms with Crippen LogP contribution < -0.4 is 15.0 Å². The third kappa shape index (κ3) is 3.81. The average Bonchev–Trinajstić information content (AvgIpc) is 3.22. The number of urea groups is 1. The molecule has 3 aliphatic heterocycles. The van der Waals surface area contributed by atoms with Gasteiger partial charge in [0.15, 0.2) is 0 Å². The molecule has 33 heavy (non-hydrogen) atoms. The van der Waals surface area contributed by atoms with Crippen molar-refractivity contribution >= 4 is 17.6 Å². The standard InChI is InChI=1S/C24H28FN5O3/c1-3-33-19-11-9-18(10-12-19)28-13-4-14-29-20-21(26-23(28)29)27(2)24(32)30(22(20)31)15-16-5-7-17(25)8-6-16/h5-12,20-21,23,26H,3-4,13-15H2,1-2H3. The third-order valence-corrected chi connectivity index (χ3v) is 6.60. The molecule has 0 saturated carbocycles. The molecule has 3 fully saturated rings. The van der Waals surface area contributed by atoms with E-state index in [1.165, 1.54) is 17.0 Å². The predicted octanol–water partition coefficient (Wildman–Crippen LogP) is 2.41. The smallest absolute Gasteiger partial charge is 0.328 e. The minimum absolute atomic E-state index is 0.118. The molecule has 3 amide bonds. The summed E-state index contributed by atoms with van der Waals surface area (Å²) in [7, 11) is 1.72. The van der Waals surface area contributed by atoms with Crippen molar-refractivity contribution in [3.05, 3.63) is 59.9 Å². The summed E-state index contributed by atoms with van der Waals surface area (Å²) in [6.45, 7) is 4.28. The zero-order chi connectivity index (χ0) is 23.1. The minimum atomic E-state index is -0.483. The van der Waals surface area contributed by atoms with Gasteiger partial charge in [0.2, 0.25) is 0 Å². The molecule has 3 atom stereocenters. The van der Waals surface area contributed by atoms with Crippen LogP contribution in [0.4, 0.5) is 14.9 Å². The first-order chi connectivity index (χ1) is 16.0. The van der Waals surface area contributed by atoms with Gasteiger partial charge in [0.1, 0.15) is 30.1 Å². The maximum atomic E-state index is 13.5. The van der Waals surface area contributed by atoms with Crippen molar-refractivity contribution < 1.29 is 18.7 Å². The summed E-state index contributed by atoms with van der Waals surface area (Å²) in [4.78, 5) is 33.9. The number of carbonyl (C=O) groups is 2. The third-order valence-electron chi connectivity index (χ3n) is 6.60. The Morgan fingerprint density at radius 3 is 2.48 bits per heavy atom. The van der Waals surface area contributed by atoms with E-state index in [0.717, 1.165) is 30.9 Å². The van der Waals surface area contributed by atoms with Crippen LogP contribution in [0.5, 0.6) is 5.75 Å². The first-order valence-corrected chi connectivity index (χ1v) is 11.3. The lowest BCUT2D eigenvalue weighted by molar-refractivity contribution is -0.139. The monoisotopic (exact) mass is 453 g/mol. The van der Waals surface area contributed by atoms with E-state index in [4.69, 9.17) is 4.74 Å². The lowest BCUT2D eigenvalue weighted by atomic mass is 10.1. The zero-order valence-electron chi connectivity index (χ0n) is 18.8. The maximum Gasteiger partial charge on any atom is 0.328 e. The molecule has 3 saturated heterocycles. The highest BCUT2D eigenvalue weighted by Crippen LogP contribution is 2.34. The lowest BCUT2D eigenvalue weighted by Gasteiger charge is -2.44. The van der Waals surface area contributed by atoms with E-state index in [1.54, 1.807) is 24.1 Å². The highest BCUT2D eigenvalue weighted by Gasteiger charge is 2.56. The number of halogens is 1. The number of hydrogen-bond acceptors (Lipinski definition) is 6. The van der Waals surface area contributed by atoms with Crippen LogP contribution in [0.1, 0.15) is 18.9 Å². The molecular formula is C24H28FN5O3. The fourth-order valence-electron chi connectivity index (χ4n) is 5.00. The molecule has 2 aromatic rings. The largest absolute Gasteiger partial charge is 0.494 e. The lowest BCUT2D eigenvalue weighted by Crippen LogP contribution is -2.66. The molecule has 3 aliphatic rings. The van der Waals surface area contributed by atoms with Gasteiger partial charge in [-0.2, -0.15) is 0 Å². The van der Waals surface area contributed by atoms with Crippen molar-refractivity contribution in [3.8, 4) is 5.75 Å². The van der Waals surface area contributed by atoms with E-state index >= 15 is 0 Å². The molecule has 1 N–H and O–H groups in total. The van der Waals surface area contributed by atoms with Gasteiger partial charge in [-0.1, -0.05) is 12.1 Å². The van der Waals surface area contributed by atoms with Gasteiger partial charge in [-0.25, -0.2) is 9.18 Å². The van der Waals surface area contributed by atoms with Gasteiger partial charge in [-0.15, -0.1) is 0 Å². The van der Waals surface area contributed by atoms with Crippen molar-refractivity contribution in [1.29, 1.82) is 0 Å². The molecule has 2 aromatic carbocycles. The van der Waals surface area contributed by atoms with Crippen molar-refractivity contribution in [2.75, 3.05) is 31.6 Å². The number of nitrogens with zero attached hydrogens (tertiary/aromatic N) is 4. The number of likely N-dealkylation sites (N-methyl/N-ethyl adjacent to an activating group) is 1. The molecule has 3 heterocycles. The van der Waals surface area contributed by atoms with Gasteiger partial charge < -0.3 is 14.5 Å². The Balaban J connectivity index is 1.39.